The Balaban J connectivity index is 1.90. The van der Waals surface area contributed by atoms with Crippen molar-refractivity contribution < 1.29 is 4.74 Å². The van der Waals surface area contributed by atoms with Gasteiger partial charge in [0.1, 0.15) is 0 Å². The van der Waals surface area contributed by atoms with Gasteiger partial charge in [0.25, 0.3) is 0 Å². The Morgan fingerprint density at radius 1 is 0.958 bits per heavy atom. The van der Waals surface area contributed by atoms with E-state index in [2.05, 4.69) is 74.5 Å². The summed E-state index contributed by atoms with van der Waals surface area (Å²) in [6.45, 7) is 5.38. The van der Waals surface area contributed by atoms with E-state index in [-0.39, 0.29) is 7.92 Å². The third kappa shape index (κ3) is 4.08. The summed E-state index contributed by atoms with van der Waals surface area (Å²) in [5.74, 6) is 0.683. The largest absolute Gasteiger partial charge is 0.378 e. The van der Waals surface area contributed by atoms with Crippen LogP contribution in [0.15, 0.2) is 60.7 Å². The van der Waals surface area contributed by atoms with E-state index in [1.54, 1.807) is 0 Å². The van der Waals surface area contributed by atoms with Crippen molar-refractivity contribution in [3.8, 4) is 0 Å². The Labute approximate surface area is 148 Å². The third-order valence-electron chi connectivity index (χ3n) is 5.12. The molecule has 0 heterocycles. The Bertz CT molecular complexity index is 558. The Hall–Kier alpha value is -1.17. The number of hydrogen-bond donors (Lipinski definition) is 0. The minimum absolute atomic E-state index is 0.319. The fraction of sp³-hybridized carbons (Fsp3) is 0.455. The van der Waals surface area contributed by atoms with Crippen LogP contribution in [-0.4, -0.2) is 18.4 Å². The van der Waals surface area contributed by atoms with Gasteiger partial charge in [0, 0.05) is 6.61 Å². The smallest absolute Gasteiger partial charge is 0.0581 e. The van der Waals surface area contributed by atoms with Crippen molar-refractivity contribution in [2.75, 3.05) is 6.61 Å². The minimum Gasteiger partial charge on any atom is -0.378 e. The van der Waals surface area contributed by atoms with Crippen LogP contribution in [0.2, 0.25) is 0 Å². The Morgan fingerprint density at radius 2 is 1.54 bits per heavy atom. The van der Waals surface area contributed by atoms with Crippen molar-refractivity contribution in [1.29, 1.82) is 0 Å². The predicted octanol–water partition coefficient (Wildman–Crippen LogP) is 5.10. The summed E-state index contributed by atoms with van der Waals surface area (Å²) in [6, 6.07) is 22.3. The maximum absolute atomic E-state index is 6.14. The molecule has 1 aliphatic carbocycles. The van der Waals surface area contributed by atoms with Crippen LogP contribution in [0.25, 0.3) is 0 Å². The normalized spacial score (nSPS) is 22.0. The summed E-state index contributed by atoms with van der Waals surface area (Å²) in [7, 11) is -0.319. The molecular weight excluding hydrogens is 311 g/mol. The zero-order chi connectivity index (χ0) is 16.8. The molecule has 0 N–H and O–H groups in total. The van der Waals surface area contributed by atoms with Crippen LogP contribution in [0.3, 0.4) is 0 Å². The zero-order valence-corrected chi connectivity index (χ0v) is 15.8. The first-order valence-corrected chi connectivity index (χ1v) is 10.7. The van der Waals surface area contributed by atoms with E-state index in [1.807, 2.05) is 0 Å². The standard InChI is InChI=1S/C22H29OP/c1-3-17-23-18(2)21-15-10-16-22(21)24(19-11-6-4-7-12-19)20-13-8-5-9-14-20/h4-9,11-14,18,21-22H,3,10,15-17H2,1-2H3/t18-,21?,22?/m1/s1. The Morgan fingerprint density at radius 3 is 2.08 bits per heavy atom. The Kier molecular flexibility index (Phi) is 6.46. The van der Waals surface area contributed by atoms with Gasteiger partial charge in [-0.1, -0.05) is 74.0 Å². The molecule has 0 aliphatic heterocycles. The van der Waals surface area contributed by atoms with E-state index in [0.29, 0.717) is 12.0 Å². The number of ether oxygens (including phenoxy) is 1. The van der Waals surface area contributed by atoms with Gasteiger partial charge in [0.05, 0.1) is 6.10 Å². The molecule has 1 saturated carbocycles. The lowest BCUT2D eigenvalue weighted by molar-refractivity contribution is 0.0285. The van der Waals surface area contributed by atoms with Gasteiger partial charge < -0.3 is 4.74 Å². The van der Waals surface area contributed by atoms with Crippen LogP contribution in [0.4, 0.5) is 0 Å². The molecule has 1 fully saturated rings. The molecular formula is C22H29OP. The van der Waals surface area contributed by atoms with Crippen LogP contribution in [0, 0.1) is 5.92 Å². The lowest BCUT2D eigenvalue weighted by atomic mass is 10.0. The number of rotatable bonds is 7. The van der Waals surface area contributed by atoms with Gasteiger partial charge in [-0.25, -0.2) is 0 Å². The lowest BCUT2D eigenvalue weighted by Crippen LogP contribution is -2.31. The van der Waals surface area contributed by atoms with Crippen molar-refractivity contribution >= 4 is 18.5 Å². The van der Waals surface area contributed by atoms with Gasteiger partial charge >= 0.3 is 0 Å². The molecule has 0 spiro atoms. The lowest BCUT2D eigenvalue weighted by Gasteiger charge is -2.33. The zero-order valence-electron chi connectivity index (χ0n) is 14.9. The van der Waals surface area contributed by atoms with Gasteiger partial charge in [-0.05, 0) is 56.3 Å². The molecule has 1 aliphatic rings. The maximum atomic E-state index is 6.14. The molecule has 3 rings (SSSR count). The van der Waals surface area contributed by atoms with Gasteiger partial charge in [-0.3, -0.25) is 0 Å². The van der Waals surface area contributed by atoms with Crippen molar-refractivity contribution in [3.05, 3.63) is 60.7 Å². The second-order valence-corrected chi connectivity index (χ2v) is 9.22. The summed E-state index contributed by atoms with van der Waals surface area (Å²) in [5.41, 5.74) is 0.733. The predicted molar refractivity (Wildman–Crippen MR) is 106 cm³/mol. The second kappa shape index (κ2) is 8.79. The molecule has 0 amide bonds. The second-order valence-electron chi connectivity index (χ2n) is 6.78. The molecule has 0 saturated heterocycles. The average molecular weight is 340 g/mol. The molecule has 0 aromatic heterocycles. The molecule has 2 heteroatoms. The molecule has 2 unspecified atom stereocenters. The van der Waals surface area contributed by atoms with Crippen LogP contribution in [0.1, 0.15) is 39.5 Å². The molecule has 2 aromatic carbocycles. The van der Waals surface area contributed by atoms with Crippen LogP contribution in [0.5, 0.6) is 0 Å². The van der Waals surface area contributed by atoms with Crippen LogP contribution >= 0.6 is 7.92 Å². The number of hydrogen-bond acceptors (Lipinski definition) is 1. The topological polar surface area (TPSA) is 9.23 Å². The van der Waals surface area contributed by atoms with E-state index in [0.717, 1.165) is 18.7 Å². The van der Waals surface area contributed by atoms with E-state index in [9.17, 15) is 0 Å². The summed E-state index contributed by atoms with van der Waals surface area (Å²) in [4.78, 5) is 0. The first kappa shape index (κ1) is 17.6. The van der Waals surface area contributed by atoms with Gasteiger partial charge in [-0.2, -0.15) is 0 Å². The highest BCUT2D eigenvalue weighted by atomic mass is 31.1. The molecule has 0 bridgehead atoms. The average Bonchev–Trinajstić information content (AvgIpc) is 3.11. The fourth-order valence-corrected chi connectivity index (χ4v) is 7.24. The molecule has 128 valence electrons. The molecule has 3 atom stereocenters. The van der Waals surface area contributed by atoms with Gasteiger partial charge in [-0.15, -0.1) is 0 Å². The summed E-state index contributed by atoms with van der Waals surface area (Å²) >= 11 is 0. The molecule has 1 nitrogen and oxygen atoms in total. The van der Waals surface area contributed by atoms with Crippen molar-refractivity contribution in [3.63, 3.8) is 0 Å². The van der Waals surface area contributed by atoms with E-state index < -0.39 is 0 Å². The third-order valence-corrected chi connectivity index (χ3v) is 8.13. The first-order valence-electron chi connectivity index (χ1n) is 9.32. The van der Waals surface area contributed by atoms with Crippen molar-refractivity contribution in [1.82, 2.24) is 0 Å². The molecule has 0 radical (unpaired) electrons. The maximum Gasteiger partial charge on any atom is 0.0581 e. The van der Waals surface area contributed by atoms with Crippen LogP contribution in [-0.2, 0) is 4.74 Å². The summed E-state index contributed by atoms with van der Waals surface area (Å²) < 4.78 is 6.14. The minimum atomic E-state index is -0.319. The first-order chi connectivity index (χ1) is 11.8. The fourth-order valence-electron chi connectivity index (χ4n) is 3.97. The SMILES string of the molecule is CCCO[C@H](C)C1CCCC1P(c1ccccc1)c1ccccc1. The highest BCUT2D eigenvalue weighted by molar-refractivity contribution is 7.73. The highest BCUT2D eigenvalue weighted by Gasteiger charge is 2.38. The van der Waals surface area contributed by atoms with Crippen molar-refractivity contribution in [2.24, 2.45) is 5.92 Å². The quantitative estimate of drug-likeness (QED) is 0.637. The van der Waals surface area contributed by atoms with E-state index in [4.69, 9.17) is 4.74 Å². The monoisotopic (exact) mass is 340 g/mol. The number of benzene rings is 2. The highest BCUT2D eigenvalue weighted by Crippen LogP contribution is 2.51. The van der Waals surface area contributed by atoms with Gasteiger partial charge in [0.2, 0.25) is 0 Å². The van der Waals surface area contributed by atoms with Gasteiger partial charge in [0.15, 0.2) is 0 Å². The van der Waals surface area contributed by atoms with E-state index in [1.165, 1.54) is 29.9 Å². The summed E-state index contributed by atoms with van der Waals surface area (Å²) in [5, 5.41) is 3.02. The van der Waals surface area contributed by atoms with E-state index >= 15 is 0 Å². The van der Waals surface area contributed by atoms with Crippen LogP contribution < -0.4 is 10.6 Å². The van der Waals surface area contributed by atoms with Crippen molar-refractivity contribution in [2.45, 2.75) is 51.3 Å². The molecule has 2 aromatic rings. The summed E-state index contributed by atoms with van der Waals surface area (Å²) in [6.07, 6.45) is 5.46. The molecule has 24 heavy (non-hydrogen) atoms.